The van der Waals surface area contributed by atoms with Gasteiger partial charge in [-0.1, -0.05) is 25.4 Å². The highest BCUT2D eigenvalue weighted by atomic mass is 32.1. The average Bonchev–Trinajstić information content (AvgIpc) is 2.25. The van der Waals surface area contributed by atoms with Crippen molar-refractivity contribution in [2.75, 3.05) is 0 Å². The molecule has 1 nitrogen and oxygen atoms in total. The Morgan fingerprint density at radius 1 is 1.30 bits per heavy atom. The number of rotatable bonds is 0. The lowest BCUT2D eigenvalue weighted by Crippen LogP contribution is -1.98. The third kappa shape index (κ3) is 2.14. The number of hydrogen-bond acceptors (Lipinski definition) is 2. The summed E-state index contributed by atoms with van der Waals surface area (Å²) in [5, 5.41) is 0. The van der Waals surface area contributed by atoms with E-state index in [2.05, 4.69) is 4.37 Å². The van der Waals surface area contributed by atoms with Crippen LogP contribution in [0.4, 0.5) is 0 Å². The van der Waals surface area contributed by atoms with Gasteiger partial charge in [0.1, 0.15) is 7.85 Å². The lowest BCUT2D eigenvalue weighted by atomic mass is 10.0. The maximum atomic E-state index is 5.50. The van der Waals surface area contributed by atoms with Crippen LogP contribution in [0.2, 0.25) is 0 Å². The Kier molecular flexibility index (Phi) is 4.36. The zero-order chi connectivity index (χ0) is 8.15. The summed E-state index contributed by atoms with van der Waals surface area (Å²) in [4.78, 5) is 0. The molecule has 0 bridgehead atoms. The third-order valence-electron chi connectivity index (χ3n) is 1.19. The van der Waals surface area contributed by atoms with Gasteiger partial charge in [0.05, 0.1) is 5.69 Å². The van der Waals surface area contributed by atoms with E-state index in [4.69, 9.17) is 7.85 Å². The smallest absolute Gasteiger partial charge is 0.131 e. The van der Waals surface area contributed by atoms with Crippen LogP contribution >= 0.6 is 11.5 Å². The Balaban J connectivity index is 0.000000371. The fraction of sp³-hybridized carbons (Fsp3) is 0.571. The molecular formula is C7H12BNS. The Bertz CT molecular complexity index is 176. The van der Waals surface area contributed by atoms with Crippen molar-refractivity contribution in [1.29, 1.82) is 0 Å². The summed E-state index contributed by atoms with van der Waals surface area (Å²) < 4.78 is 4.87. The van der Waals surface area contributed by atoms with Gasteiger partial charge >= 0.3 is 0 Å². The molecule has 2 radical (unpaired) electrons. The van der Waals surface area contributed by atoms with E-state index in [1.807, 2.05) is 27.7 Å². The molecule has 54 valence electrons. The molecule has 1 aromatic rings. The zero-order valence-corrected chi connectivity index (χ0v) is 7.75. The minimum absolute atomic E-state index is 0.836. The fourth-order valence-corrected chi connectivity index (χ4v) is 1.09. The third-order valence-corrected chi connectivity index (χ3v) is 2.06. The average molecular weight is 153 g/mol. The molecule has 0 aliphatic rings. The van der Waals surface area contributed by atoms with Gasteiger partial charge in [-0.05, 0) is 24.2 Å². The first kappa shape index (κ1) is 9.69. The van der Waals surface area contributed by atoms with Gasteiger partial charge in [0, 0.05) is 0 Å². The van der Waals surface area contributed by atoms with Crippen molar-refractivity contribution in [3.05, 3.63) is 11.3 Å². The van der Waals surface area contributed by atoms with Crippen LogP contribution in [0.3, 0.4) is 0 Å². The van der Waals surface area contributed by atoms with Crippen molar-refractivity contribution >= 4 is 24.2 Å². The molecule has 0 spiro atoms. The molecular weight excluding hydrogens is 141 g/mol. The molecule has 0 aliphatic carbocycles. The minimum atomic E-state index is 0.836. The highest BCUT2D eigenvalue weighted by Crippen LogP contribution is 2.01. The molecule has 3 heteroatoms. The van der Waals surface area contributed by atoms with Crippen molar-refractivity contribution in [2.45, 2.75) is 27.7 Å². The van der Waals surface area contributed by atoms with E-state index >= 15 is 0 Å². The van der Waals surface area contributed by atoms with Gasteiger partial charge in [-0.25, -0.2) is 0 Å². The maximum absolute atomic E-state index is 5.50. The number of aromatic nitrogens is 1. The van der Waals surface area contributed by atoms with E-state index in [9.17, 15) is 0 Å². The number of nitrogens with zero attached hydrogens (tertiary/aromatic N) is 1. The Morgan fingerprint density at radius 2 is 1.80 bits per heavy atom. The number of aryl methyl sites for hydroxylation is 1. The molecule has 0 unspecified atom stereocenters. The molecule has 1 heterocycles. The predicted molar refractivity (Wildman–Crippen MR) is 48.3 cm³/mol. The molecule has 0 fully saturated rings. The van der Waals surface area contributed by atoms with Gasteiger partial charge < -0.3 is 0 Å². The molecule has 0 aromatic carbocycles. The molecule has 0 amide bonds. The summed E-state index contributed by atoms with van der Waals surface area (Å²) in [5.74, 6) is 0. The number of hydrogen-bond donors (Lipinski definition) is 0. The fourth-order valence-electron chi connectivity index (χ4n) is 0.433. The van der Waals surface area contributed by atoms with Crippen molar-refractivity contribution in [3.8, 4) is 0 Å². The van der Waals surface area contributed by atoms with Gasteiger partial charge in [-0.2, -0.15) is 4.37 Å². The molecule has 0 aliphatic heterocycles. The molecule has 0 saturated heterocycles. The Morgan fingerprint density at radius 3 is 1.90 bits per heavy atom. The van der Waals surface area contributed by atoms with Crippen LogP contribution in [-0.4, -0.2) is 12.2 Å². The van der Waals surface area contributed by atoms with Crippen molar-refractivity contribution in [3.63, 3.8) is 0 Å². The maximum Gasteiger partial charge on any atom is 0.131 e. The molecule has 10 heavy (non-hydrogen) atoms. The summed E-state index contributed by atoms with van der Waals surface area (Å²) in [6, 6.07) is 0. The monoisotopic (exact) mass is 153 g/mol. The summed E-state index contributed by atoms with van der Waals surface area (Å²) in [6.07, 6.45) is 0. The van der Waals surface area contributed by atoms with Crippen LogP contribution in [-0.2, 0) is 0 Å². The topological polar surface area (TPSA) is 12.9 Å². The normalized spacial score (nSPS) is 8.40. The zero-order valence-electron chi connectivity index (χ0n) is 6.93. The lowest BCUT2D eigenvalue weighted by Gasteiger charge is -1.84. The molecule has 0 saturated carbocycles. The summed E-state index contributed by atoms with van der Waals surface area (Å²) in [6.45, 7) is 7.94. The highest BCUT2D eigenvalue weighted by Gasteiger charge is 1.97. The van der Waals surface area contributed by atoms with Crippen LogP contribution in [0, 0.1) is 13.8 Å². The Labute approximate surface area is 68.0 Å². The second kappa shape index (κ2) is 4.50. The summed E-state index contributed by atoms with van der Waals surface area (Å²) in [7, 11) is 5.50. The highest BCUT2D eigenvalue weighted by molar-refractivity contribution is 7.15. The second-order valence-corrected chi connectivity index (χ2v) is 2.56. The molecule has 1 rings (SSSR count). The second-order valence-electron chi connectivity index (χ2n) is 1.76. The van der Waals surface area contributed by atoms with E-state index < -0.39 is 0 Å². The standard InChI is InChI=1S/C5H6BNS.C2H6/c1-3-4(2)7-8-5(3)6;1-2/h1-2H3;1-2H3. The Hall–Kier alpha value is -0.305. The van der Waals surface area contributed by atoms with E-state index in [1.165, 1.54) is 11.5 Å². The SMILES string of the molecule is CC.[B]c1snc(C)c1C. The van der Waals surface area contributed by atoms with E-state index in [-0.39, 0.29) is 0 Å². The molecule has 1 aromatic heterocycles. The van der Waals surface area contributed by atoms with Crippen LogP contribution in [0.1, 0.15) is 25.1 Å². The van der Waals surface area contributed by atoms with Gasteiger partial charge in [-0.15, -0.1) is 0 Å². The van der Waals surface area contributed by atoms with Gasteiger partial charge in [-0.3, -0.25) is 0 Å². The van der Waals surface area contributed by atoms with Crippen molar-refractivity contribution in [2.24, 2.45) is 0 Å². The first-order valence-electron chi connectivity index (χ1n) is 3.40. The first-order valence-corrected chi connectivity index (χ1v) is 4.17. The summed E-state index contributed by atoms with van der Waals surface area (Å²) >= 11 is 1.36. The van der Waals surface area contributed by atoms with Crippen LogP contribution in [0.15, 0.2) is 0 Å². The predicted octanol–water partition coefficient (Wildman–Crippen LogP) is 1.58. The lowest BCUT2D eigenvalue weighted by molar-refractivity contribution is 1.28. The van der Waals surface area contributed by atoms with E-state index in [1.54, 1.807) is 0 Å². The van der Waals surface area contributed by atoms with Gasteiger partial charge in [0.2, 0.25) is 0 Å². The van der Waals surface area contributed by atoms with Gasteiger partial charge in [0.25, 0.3) is 0 Å². The van der Waals surface area contributed by atoms with Crippen LogP contribution in [0.5, 0.6) is 0 Å². The van der Waals surface area contributed by atoms with Crippen molar-refractivity contribution in [1.82, 2.24) is 4.37 Å². The molecule has 0 N–H and O–H groups in total. The van der Waals surface area contributed by atoms with E-state index in [0.29, 0.717) is 0 Å². The van der Waals surface area contributed by atoms with E-state index in [0.717, 1.165) is 16.0 Å². The van der Waals surface area contributed by atoms with Crippen LogP contribution < -0.4 is 4.78 Å². The van der Waals surface area contributed by atoms with Crippen LogP contribution in [0.25, 0.3) is 0 Å². The quantitative estimate of drug-likeness (QED) is 0.515. The largest absolute Gasteiger partial charge is 0.198 e. The first-order chi connectivity index (χ1) is 4.72. The van der Waals surface area contributed by atoms with Crippen molar-refractivity contribution < 1.29 is 0 Å². The van der Waals surface area contributed by atoms with Gasteiger partial charge in [0.15, 0.2) is 0 Å². The summed E-state index contributed by atoms with van der Waals surface area (Å²) in [5.41, 5.74) is 2.17. The molecule has 0 atom stereocenters. The minimum Gasteiger partial charge on any atom is -0.198 e.